The van der Waals surface area contributed by atoms with Crippen LogP contribution in [0.3, 0.4) is 0 Å². The fraction of sp³-hybridized carbons (Fsp3) is 0.780. The number of hydrogen-bond donors (Lipinski definition) is 2. The maximum atomic E-state index is 12.5. The number of ether oxygens (including phenoxy) is 2. The van der Waals surface area contributed by atoms with Gasteiger partial charge >= 0.3 is 13.8 Å². The molecule has 0 spiro atoms. The number of rotatable bonds is 38. The van der Waals surface area contributed by atoms with Gasteiger partial charge < -0.3 is 20.1 Å². The number of carbonyl (C=O) groups excluding carboxylic acids is 1. The first kappa shape index (κ1) is 48.3. The summed E-state index contributed by atoms with van der Waals surface area (Å²) in [4.78, 5) is 22.4. The van der Waals surface area contributed by atoms with Gasteiger partial charge in [-0.1, -0.05) is 127 Å². The lowest BCUT2D eigenvalue weighted by Crippen LogP contribution is -2.27. The van der Waals surface area contributed by atoms with E-state index in [9.17, 15) is 14.3 Å². The molecule has 0 aromatic rings. The van der Waals surface area contributed by atoms with Crippen molar-refractivity contribution < 1.29 is 32.8 Å². The predicted octanol–water partition coefficient (Wildman–Crippen LogP) is 12.0. The molecule has 50 heavy (non-hydrogen) atoms. The van der Waals surface area contributed by atoms with Crippen LogP contribution in [0.2, 0.25) is 0 Å². The van der Waals surface area contributed by atoms with Crippen LogP contribution in [-0.4, -0.2) is 43.3 Å². The Bertz CT molecular complexity index is 905. The predicted molar refractivity (Wildman–Crippen MR) is 210 cm³/mol. The first-order valence-corrected chi connectivity index (χ1v) is 21.7. The maximum Gasteiger partial charge on any atom is 0.472 e. The maximum absolute atomic E-state index is 12.5. The molecule has 2 atom stereocenters. The van der Waals surface area contributed by atoms with Crippen LogP contribution in [0.25, 0.3) is 0 Å². The number of unbranched alkanes of at least 4 members (excludes halogenated alkanes) is 19. The quantitative estimate of drug-likeness (QED) is 0.0212. The van der Waals surface area contributed by atoms with E-state index in [1.807, 2.05) is 6.08 Å². The zero-order chi connectivity index (χ0) is 36.6. The van der Waals surface area contributed by atoms with Gasteiger partial charge in [0.15, 0.2) is 6.10 Å². The van der Waals surface area contributed by atoms with Crippen molar-refractivity contribution in [1.29, 1.82) is 0 Å². The van der Waals surface area contributed by atoms with Gasteiger partial charge in [0, 0.05) is 13.0 Å². The summed E-state index contributed by atoms with van der Waals surface area (Å²) in [5, 5.41) is 0. The highest BCUT2D eigenvalue weighted by atomic mass is 31.2. The number of nitrogens with two attached hydrogens (primary N) is 1. The highest BCUT2D eigenvalue weighted by Gasteiger charge is 2.25. The van der Waals surface area contributed by atoms with Crippen molar-refractivity contribution in [2.24, 2.45) is 5.73 Å². The Morgan fingerprint density at radius 3 is 1.64 bits per heavy atom. The van der Waals surface area contributed by atoms with Gasteiger partial charge in [-0.3, -0.25) is 13.8 Å². The summed E-state index contributed by atoms with van der Waals surface area (Å²) in [6, 6.07) is 0. The van der Waals surface area contributed by atoms with Crippen molar-refractivity contribution in [1.82, 2.24) is 0 Å². The number of esters is 1. The fourth-order valence-corrected chi connectivity index (χ4v) is 6.04. The van der Waals surface area contributed by atoms with Crippen molar-refractivity contribution in [3.8, 4) is 0 Å². The van der Waals surface area contributed by atoms with Crippen molar-refractivity contribution in [2.45, 2.75) is 180 Å². The van der Waals surface area contributed by atoms with Gasteiger partial charge in [0.1, 0.15) is 6.61 Å². The number of allylic oxidation sites excluding steroid dienone is 7. The number of hydrogen-bond acceptors (Lipinski definition) is 7. The topological polar surface area (TPSA) is 117 Å². The molecule has 3 N–H and O–H groups in total. The minimum Gasteiger partial charge on any atom is -0.498 e. The minimum atomic E-state index is -4.30. The van der Waals surface area contributed by atoms with Crippen molar-refractivity contribution in [3.05, 3.63) is 48.8 Å². The smallest absolute Gasteiger partial charge is 0.472 e. The number of phosphoric acid groups is 1. The van der Waals surface area contributed by atoms with E-state index < -0.39 is 13.9 Å². The van der Waals surface area contributed by atoms with Crippen LogP contribution < -0.4 is 5.73 Å². The van der Waals surface area contributed by atoms with Crippen LogP contribution in [-0.2, 0) is 27.9 Å². The first-order valence-electron chi connectivity index (χ1n) is 20.2. The Kier molecular flexibility index (Phi) is 37.2. The van der Waals surface area contributed by atoms with E-state index in [-0.39, 0.29) is 38.8 Å². The third-order valence-corrected chi connectivity index (χ3v) is 9.27. The molecule has 0 aromatic carbocycles. The van der Waals surface area contributed by atoms with Crippen LogP contribution in [0.5, 0.6) is 0 Å². The molecule has 0 radical (unpaired) electrons. The highest BCUT2D eigenvalue weighted by Crippen LogP contribution is 2.43. The summed E-state index contributed by atoms with van der Waals surface area (Å²) >= 11 is 0. The molecule has 0 bridgehead atoms. The molecule has 9 heteroatoms. The summed E-state index contributed by atoms with van der Waals surface area (Å²) < 4.78 is 33.1. The molecule has 0 saturated carbocycles. The third kappa shape index (κ3) is 37.6. The van der Waals surface area contributed by atoms with Crippen LogP contribution in [0.4, 0.5) is 0 Å². The molecule has 8 nitrogen and oxygen atoms in total. The molecular weight excluding hydrogens is 649 g/mol. The molecule has 0 fully saturated rings. The molecular formula is C41H76NO7P. The minimum absolute atomic E-state index is 0.0202. The van der Waals surface area contributed by atoms with Crippen LogP contribution in [0, 0.1) is 0 Å². The van der Waals surface area contributed by atoms with E-state index in [1.165, 1.54) is 89.9 Å². The van der Waals surface area contributed by atoms with Gasteiger partial charge in [-0.2, -0.15) is 0 Å². The Hall–Kier alpha value is -1.70. The van der Waals surface area contributed by atoms with Crippen molar-refractivity contribution in [2.75, 3.05) is 26.4 Å². The normalized spacial score (nSPS) is 14.0. The Morgan fingerprint density at radius 1 is 0.620 bits per heavy atom. The lowest BCUT2D eigenvalue weighted by molar-refractivity contribution is -0.153. The molecule has 0 aliphatic carbocycles. The average molecular weight is 726 g/mol. The molecule has 0 heterocycles. The second-order valence-electron chi connectivity index (χ2n) is 13.2. The first-order chi connectivity index (χ1) is 24.4. The third-order valence-electron chi connectivity index (χ3n) is 8.28. The summed E-state index contributed by atoms with van der Waals surface area (Å²) in [5.74, 6) is -0.371. The molecule has 1 unspecified atom stereocenters. The summed E-state index contributed by atoms with van der Waals surface area (Å²) in [6.45, 7) is 4.17. The van der Waals surface area contributed by atoms with E-state index in [2.05, 4.69) is 50.3 Å². The second-order valence-corrected chi connectivity index (χ2v) is 14.7. The average Bonchev–Trinajstić information content (AvgIpc) is 3.10. The van der Waals surface area contributed by atoms with E-state index in [0.29, 0.717) is 0 Å². The standard InChI is InChI=1S/C41H76NO7P/c1-3-5-7-9-11-13-15-17-19-21-23-25-27-29-31-33-36-46-38-40(39-48-50(44,45)47-37-35-42)49-41(43)34-32-30-28-26-24-22-20-18-16-14-12-10-8-6-4-2/h12,14,17-20,33,36,40H,3-11,13,15-16,21-32,34-35,37-39,42H2,1-2H3,(H,44,45)/t40-/m1/s1. The van der Waals surface area contributed by atoms with Gasteiger partial charge in [0.05, 0.1) is 19.5 Å². The summed E-state index contributed by atoms with van der Waals surface area (Å²) in [7, 11) is -4.30. The molecule has 0 aliphatic rings. The Balaban J connectivity index is 4.17. The van der Waals surface area contributed by atoms with Gasteiger partial charge in [-0.25, -0.2) is 4.57 Å². The molecule has 0 aromatic heterocycles. The van der Waals surface area contributed by atoms with E-state index in [1.54, 1.807) is 6.26 Å². The monoisotopic (exact) mass is 726 g/mol. The van der Waals surface area contributed by atoms with E-state index >= 15 is 0 Å². The molecule has 0 aliphatic heterocycles. The van der Waals surface area contributed by atoms with Crippen molar-refractivity contribution in [3.63, 3.8) is 0 Å². The molecule has 0 rings (SSSR count). The van der Waals surface area contributed by atoms with Gasteiger partial charge in [-0.05, 0) is 83.1 Å². The van der Waals surface area contributed by atoms with Gasteiger partial charge in [0.25, 0.3) is 0 Å². The van der Waals surface area contributed by atoms with E-state index in [4.69, 9.17) is 24.3 Å². The Morgan fingerprint density at radius 2 is 1.08 bits per heavy atom. The lowest BCUT2D eigenvalue weighted by Gasteiger charge is -2.19. The van der Waals surface area contributed by atoms with Crippen LogP contribution in [0.15, 0.2) is 48.8 Å². The zero-order valence-electron chi connectivity index (χ0n) is 32.1. The van der Waals surface area contributed by atoms with E-state index in [0.717, 1.165) is 64.2 Å². The second kappa shape index (κ2) is 38.5. The van der Waals surface area contributed by atoms with Gasteiger partial charge in [-0.15, -0.1) is 0 Å². The van der Waals surface area contributed by atoms with Crippen molar-refractivity contribution >= 4 is 13.8 Å². The summed E-state index contributed by atoms with van der Waals surface area (Å²) in [5.41, 5.74) is 5.35. The highest BCUT2D eigenvalue weighted by molar-refractivity contribution is 7.47. The number of phosphoric ester groups is 1. The van der Waals surface area contributed by atoms with Crippen LogP contribution >= 0.6 is 7.82 Å². The molecule has 292 valence electrons. The molecule has 0 saturated heterocycles. The lowest BCUT2D eigenvalue weighted by atomic mass is 10.1. The largest absolute Gasteiger partial charge is 0.498 e. The Labute approximate surface area is 307 Å². The molecule has 0 amide bonds. The SMILES string of the molecule is CCCCCC=CCC=CCCCCCCCC(=O)O[C@H](COC=CCCCCCCC=CCCCCCCCC)COP(=O)(O)OCCN. The zero-order valence-corrected chi connectivity index (χ0v) is 33.0. The van der Waals surface area contributed by atoms with Crippen LogP contribution in [0.1, 0.15) is 174 Å². The number of carbonyl (C=O) groups is 1. The fourth-order valence-electron chi connectivity index (χ4n) is 5.28. The van der Waals surface area contributed by atoms with Gasteiger partial charge in [0.2, 0.25) is 0 Å². The summed E-state index contributed by atoms with van der Waals surface area (Å²) in [6.07, 6.45) is 45.0.